The second-order valence-electron chi connectivity index (χ2n) is 5.31. The maximum atomic E-state index is 12.0. The van der Waals surface area contributed by atoms with E-state index < -0.39 is 9.84 Å². The van der Waals surface area contributed by atoms with Crippen molar-refractivity contribution in [1.82, 2.24) is 0 Å². The quantitative estimate of drug-likeness (QED) is 0.771. The van der Waals surface area contributed by atoms with Crippen molar-refractivity contribution in [2.75, 3.05) is 5.75 Å². The van der Waals surface area contributed by atoms with Gasteiger partial charge in [-0.3, -0.25) is 0 Å². The van der Waals surface area contributed by atoms with Gasteiger partial charge < -0.3 is 5.73 Å². The SMILES string of the molecule is NC(C1=CCCCCC1)C1CCCCS1(=O)=O. The molecule has 0 aromatic rings. The van der Waals surface area contributed by atoms with Crippen molar-refractivity contribution < 1.29 is 8.42 Å². The van der Waals surface area contributed by atoms with Crippen LogP contribution in [-0.4, -0.2) is 25.5 Å². The van der Waals surface area contributed by atoms with Crippen LogP contribution in [-0.2, 0) is 9.84 Å². The lowest BCUT2D eigenvalue weighted by molar-refractivity contribution is 0.511. The molecule has 0 aromatic carbocycles. The zero-order valence-electron chi connectivity index (χ0n) is 10.4. The van der Waals surface area contributed by atoms with Crippen LogP contribution < -0.4 is 5.73 Å². The van der Waals surface area contributed by atoms with Crippen LogP contribution in [0.25, 0.3) is 0 Å². The van der Waals surface area contributed by atoms with Crippen LogP contribution in [0, 0.1) is 0 Å². The summed E-state index contributed by atoms with van der Waals surface area (Å²) < 4.78 is 24.1. The lowest BCUT2D eigenvalue weighted by atomic mass is 9.97. The second-order valence-corrected chi connectivity index (χ2v) is 7.64. The normalized spacial score (nSPS) is 31.4. The highest BCUT2D eigenvalue weighted by Gasteiger charge is 2.35. The molecule has 1 fully saturated rings. The minimum Gasteiger partial charge on any atom is -0.323 e. The Morgan fingerprint density at radius 2 is 2.00 bits per heavy atom. The summed E-state index contributed by atoms with van der Waals surface area (Å²) in [4.78, 5) is 0. The number of hydrogen-bond donors (Lipinski definition) is 1. The maximum Gasteiger partial charge on any atom is 0.155 e. The highest BCUT2D eigenvalue weighted by atomic mass is 32.2. The average Bonchev–Trinajstić information content (AvgIpc) is 2.56. The largest absolute Gasteiger partial charge is 0.323 e. The van der Waals surface area contributed by atoms with Crippen molar-refractivity contribution in [3.63, 3.8) is 0 Å². The molecule has 4 heteroatoms. The Kier molecular flexibility index (Phi) is 4.26. The standard InChI is InChI=1S/C13H23NO2S/c14-13(11-7-3-1-2-4-8-11)12-9-5-6-10-17(12,15)16/h7,12-13H,1-6,8-10,14H2. The number of allylic oxidation sites excluding steroid dienone is 1. The highest BCUT2D eigenvalue weighted by Crippen LogP contribution is 2.28. The van der Waals surface area contributed by atoms with Crippen molar-refractivity contribution in [3.8, 4) is 0 Å². The van der Waals surface area contributed by atoms with Crippen molar-refractivity contribution in [1.29, 1.82) is 0 Å². The van der Waals surface area contributed by atoms with Crippen LogP contribution in [0.15, 0.2) is 11.6 Å². The molecule has 3 nitrogen and oxygen atoms in total. The molecule has 1 saturated heterocycles. The fourth-order valence-electron chi connectivity index (χ4n) is 2.96. The molecule has 0 radical (unpaired) electrons. The summed E-state index contributed by atoms with van der Waals surface area (Å²) >= 11 is 0. The molecule has 0 saturated carbocycles. The van der Waals surface area contributed by atoms with E-state index in [0.717, 1.165) is 38.5 Å². The summed E-state index contributed by atoms with van der Waals surface area (Å²) in [7, 11) is -2.95. The van der Waals surface area contributed by atoms with Crippen LogP contribution >= 0.6 is 0 Å². The summed E-state index contributed by atoms with van der Waals surface area (Å²) in [5, 5.41) is -0.319. The topological polar surface area (TPSA) is 60.2 Å². The first-order chi connectivity index (χ1) is 8.11. The molecule has 1 aliphatic carbocycles. The molecule has 2 unspecified atom stereocenters. The molecule has 0 amide bonds. The molecule has 98 valence electrons. The molecule has 0 bridgehead atoms. The Bertz CT molecular complexity index is 386. The molecule has 1 heterocycles. The van der Waals surface area contributed by atoms with Crippen molar-refractivity contribution in [2.24, 2.45) is 5.73 Å². The van der Waals surface area contributed by atoms with Crippen LogP contribution in [0.5, 0.6) is 0 Å². The van der Waals surface area contributed by atoms with Gasteiger partial charge in [-0.05, 0) is 38.5 Å². The van der Waals surface area contributed by atoms with Gasteiger partial charge in [0.05, 0.1) is 11.0 Å². The first-order valence-electron chi connectivity index (χ1n) is 6.77. The fourth-order valence-corrected chi connectivity index (χ4v) is 5.02. The third-order valence-electron chi connectivity index (χ3n) is 4.03. The van der Waals surface area contributed by atoms with E-state index in [4.69, 9.17) is 5.73 Å². The fraction of sp³-hybridized carbons (Fsp3) is 0.846. The molecule has 2 atom stereocenters. The lowest BCUT2D eigenvalue weighted by Crippen LogP contribution is -2.44. The van der Waals surface area contributed by atoms with Gasteiger partial charge in [-0.15, -0.1) is 0 Å². The van der Waals surface area contributed by atoms with E-state index in [1.54, 1.807) is 0 Å². The molecule has 17 heavy (non-hydrogen) atoms. The Balaban J connectivity index is 2.12. The van der Waals surface area contributed by atoms with E-state index >= 15 is 0 Å². The third-order valence-corrected chi connectivity index (χ3v) is 6.34. The van der Waals surface area contributed by atoms with E-state index in [1.807, 2.05) is 0 Å². The van der Waals surface area contributed by atoms with Crippen LogP contribution in [0.4, 0.5) is 0 Å². The van der Waals surface area contributed by atoms with Gasteiger partial charge in [-0.25, -0.2) is 8.42 Å². The van der Waals surface area contributed by atoms with Gasteiger partial charge >= 0.3 is 0 Å². The van der Waals surface area contributed by atoms with E-state index in [2.05, 4.69) is 6.08 Å². The number of sulfone groups is 1. The van der Waals surface area contributed by atoms with Crippen LogP contribution in [0.2, 0.25) is 0 Å². The summed E-state index contributed by atoms with van der Waals surface area (Å²) in [6, 6.07) is -0.251. The van der Waals surface area contributed by atoms with Gasteiger partial charge in [0.1, 0.15) is 0 Å². The van der Waals surface area contributed by atoms with Gasteiger partial charge in [-0.1, -0.05) is 24.5 Å². The molecule has 2 rings (SSSR count). The first kappa shape index (κ1) is 13.1. The summed E-state index contributed by atoms with van der Waals surface area (Å²) in [6.45, 7) is 0. The van der Waals surface area contributed by atoms with Gasteiger partial charge in [0.2, 0.25) is 0 Å². The van der Waals surface area contributed by atoms with Crippen molar-refractivity contribution in [2.45, 2.75) is 62.7 Å². The minimum absolute atomic E-state index is 0.251. The van der Waals surface area contributed by atoms with E-state index in [-0.39, 0.29) is 11.3 Å². The van der Waals surface area contributed by atoms with Gasteiger partial charge in [-0.2, -0.15) is 0 Å². The zero-order valence-corrected chi connectivity index (χ0v) is 11.2. The molecular formula is C13H23NO2S. The molecular weight excluding hydrogens is 234 g/mol. The Morgan fingerprint density at radius 3 is 2.76 bits per heavy atom. The Morgan fingerprint density at radius 1 is 1.18 bits per heavy atom. The van der Waals surface area contributed by atoms with E-state index in [9.17, 15) is 8.42 Å². The maximum absolute atomic E-state index is 12.0. The number of rotatable bonds is 2. The summed E-state index contributed by atoms with van der Waals surface area (Å²) in [6.07, 6.45) is 10.4. The minimum atomic E-state index is -2.95. The molecule has 1 aliphatic heterocycles. The monoisotopic (exact) mass is 257 g/mol. The van der Waals surface area contributed by atoms with Crippen molar-refractivity contribution >= 4 is 9.84 Å². The number of hydrogen-bond acceptors (Lipinski definition) is 3. The Labute approximate surface area is 104 Å². The van der Waals surface area contributed by atoms with Crippen LogP contribution in [0.1, 0.15) is 51.4 Å². The molecule has 2 aliphatic rings. The molecule has 0 spiro atoms. The average molecular weight is 257 g/mol. The highest BCUT2D eigenvalue weighted by molar-refractivity contribution is 7.92. The molecule has 2 N–H and O–H groups in total. The van der Waals surface area contributed by atoms with Crippen molar-refractivity contribution in [3.05, 3.63) is 11.6 Å². The third kappa shape index (κ3) is 3.10. The summed E-state index contributed by atoms with van der Waals surface area (Å²) in [5.41, 5.74) is 7.41. The first-order valence-corrected chi connectivity index (χ1v) is 8.49. The smallest absolute Gasteiger partial charge is 0.155 e. The lowest BCUT2D eigenvalue weighted by Gasteiger charge is -2.29. The molecule has 0 aromatic heterocycles. The summed E-state index contributed by atoms with van der Waals surface area (Å²) in [5.74, 6) is 0.332. The zero-order chi connectivity index (χ0) is 12.3. The van der Waals surface area contributed by atoms with Gasteiger partial charge in [0.15, 0.2) is 9.84 Å². The van der Waals surface area contributed by atoms with Gasteiger partial charge in [0, 0.05) is 6.04 Å². The predicted octanol–water partition coefficient (Wildman–Crippen LogP) is 2.17. The van der Waals surface area contributed by atoms with E-state index in [0.29, 0.717) is 5.75 Å². The van der Waals surface area contributed by atoms with Crippen LogP contribution in [0.3, 0.4) is 0 Å². The predicted molar refractivity (Wildman–Crippen MR) is 70.6 cm³/mol. The second kappa shape index (κ2) is 5.53. The van der Waals surface area contributed by atoms with Gasteiger partial charge in [0.25, 0.3) is 0 Å². The number of nitrogens with two attached hydrogens (primary N) is 1. The Hall–Kier alpha value is -0.350. The van der Waals surface area contributed by atoms with E-state index in [1.165, 1.54) is 18.4 Å².